The Hall–Kier alpha value is -2.75. The van der Waals surface area contributed by atoms with Crippen molar-refractivity contribution in [2.45, 2.75) is 20.0 Å². The van der Waals surface area contributed by atoms with Crippen LogP contribution >= 0.6 is 0 Å². The molecule has 122 valence electrons. The van der Waals surface area contributed by atoms with Crippen LogP contribution in [0.4, 0.5) is 11.4 Å². The summed E-state index contributed by atoms with van der Waals surface area (Å²) in [6.45, 7) is 3.54. The lowest BCUT2D eigenvalue weighted by molar-refractivity contribution is -0.140. The zero-order valence-corrected chi connectivity index (χ0v) is 13.3. The van der Waals surface area contributed by atoms with E-state index in [0.29, 0.717) is 17.1 Å². The highest BCUT2D eigenvalue weighted by molar-refractivity contribution is 5.99. The molecule has 0 aromatic heterocycles. The Labute approximate surface area is 134 Å². The molecule has 23 heavy (non-hydrogen) atoms. The van der Waals surface area contributed by atoms with Crippen molar-refractivity contribution in [3.63, 3.8) is 0 Å². The van der Waals surface area contributed by atoms with Gasteiger partial charge in [0.2, 0.25) is 0 Å². The predicted molar refractivity (Wildman–Crippen MR) is 84.6 cm³/mol. The number of nitriles is 1. The number of nitrogens with zero attached hydrogens (tertiary/aromatic N) is 3. The Morgan fingerprint density at radius 1 is 1.57 bits per heavy atom. The summed E-state index contributed by atoms with van der Waals surface area (Å²) >= 11 is 0. The van der Waals surface area contributed by atoms with Crippen LogP contribution in [-0.2, 0) is 9.59 Å². The maximum Gasteiger partial charge on any atom is 0.308 e. The van der Waals surface area contributed by atoms with Crippen molar-refractivity contribution in [2.75, 3.05) is 29.9 Å². The van der Waals surface area contributed by atoms with Gasteiger partial charge in [0.25, 0.3) is 5.91 Å². The summed E-state index contributed by atoms with van der Waals surface area (Å²) in [5.41, 5.74) is 1.28. The van der Waals surface area contributed by atoms with Gasteiger partial charge in [0.1, 0.15) is 12.3 Å². The third-order valence-electron chi connectivity index (χ3n) is 3.83. The number of rotatable bonds is 5. The number of fused-ring (bicyclic) bond motifs is 1. The summed E-state index contributed by atoms with van der Waals surface area (Å²) in [5.74, 6) is -1.10. The monoisotopic (exact) mass is 317 g/mol. The van der Waals surface area contributed by atoms with Crippen LogP contribution in [0.25, 0.3) is 0 Å². The predicted octanol–water partition coefficient (Wildman–Crippen LogP) is 1.48. The first-order valence-corrected chi connectivity index (χ1v) is 7.28. The van der Waals surface area contributed by atoms with E-state index in [1.807, 2.05) is 6.07 Å². The molecule has 1 heterocycles. The first-order valence-electron chi connectivity index (χ1n) is 7.28. The van der Waals surface area contributed by atoms with Crippen LogP contribution in [0.3, 0.4) is 0 Å². The largest absolute Gasteiger partial charge is 0.481 e. The molecular weight excluding hydrogens is 298 g/mol. The average Bonchev–Trinajstić information content (AvgIpc) is 2.52. The smallest absolute Gasteiger partial charge is 0.308 e. The van der Waals surface area contributed by atoms with Crippen molar-refractivity contribution in [2.24, 2.45) is 5.92 Å². The van der Waals surface area contributed by atoms with Crippen LogP contribution < -0.4 is 14.5 Å². The first-order chi connectivity index (χ1) is 10.8. The summed E-state index contributed by atoms with van der Waals surface area (Å²) in [7, 11) is 1.67. The molecule has 2 rings (SSSR count). The van der Waals surface area contributed by atoms with Gasteiger partial charge in [0, 0.05) is 19.3 Å². The first kappa shape index (κ1) is 16.6. The second kappa shape index (κ2) is 6.57. The molecule has 0 radical (unpaired) electrons. The van der Waals surface area contributed by atoms with E-state index in [0.717, 1.165) is 0 Å². The number of benzene rings is 1. The van der Waals surface area contributed by atoms with Crippen LogP contribution in [-0.4, -0.2) is 43.2 Å². The zero-order valence-electron chi connectivity index (χ0n) is 13.3. The van der Waals surface area contributed by atoms with E-state index in [-0.39, 0.29) is 19.0 Å². The van der Waals surface area contributed by atoms with E-state index in [4.69, 9.17) is 15.1 Å². The normalized spacial score (nSPS) is 17.7. The van der Waals surface area contributed by atoms with E-state index >= 15 is 0 Å². The van der Waals surface area contributed by atoms with Gasteiger partial charge >= 0.3 is 5.97 Å². The minimum Gasteiger partial charge on any atom is -0.481 e. The van der Waals surface area contributed by atoms with Gasteiger partial charge in [-0.1, -0.05) is 6.92 Å². The maximum absolute atomic E-state index is 12.0. The van der Waals surface area contributed by atoms with Gasteiger partial charge in [-0.25, -0.2) is 0 Å². The molecule has 0 saturated heterocycles. The fourth-order valence-corrected chi connectivity index (χ4v) is 2.45. The van der Waals surface area contributed by atoms with E-state index in [1.165, 1.54) is 4.90 Å². The topological polar surface area (TPSA) is 93.9 Å². The van der Waals surface area contributed by atoms with Gasteiger partial charge in [0.05, 0.1) is 17.7 Å². The van der Waals surface area contributed by atoms with Crippen molar-refractivity contribution < 1.29 is 19.4 Å². The molecule has 1 aromatic carbocycles. The summed E-state index contributed by atoms with van der Waals surface area (Å²) in [5, 5.41) is 18.0. The number of carboxylic acids is 1. The number of carbonyl (C=O) groups excluding carboxylic acids is 1. The number of carbonyl (C=O) groups is 2. The van der Waals surface area contributed by atoms with Gasteiger partial charge in [-0.3, -0.25) is 9.59 Å². The fraction of sp³-hybridized carbons (Fsp3) is 0.438. The van der Waals surface area contributed by atoms with Gasteiger partial charge in [-0.15, -0.1) is 0 Å². The molecule has 7 heteroatoms. The molecule has 1 aromatic rings. The SMILES string of the molecule is CC(CN(CC#N)c1ccc2c(c1)N(C)C(=O)C(C)O2)C(=O)O. The molecule has 2 unspecified atom stereocenters. The number of hydrogen-bond donors (Lipinski definition) is 1. The Morgan fingerprint density at radius 3 is 2.87 bits per heavy atom. The van der Waals surface area contributed by atoms with Crippen molar-refractivity contribution in [3.05, 3.63) is 18.2 Å². The number of hydrogen-bond acceptors (Lipinski definition) is 5. The molecule has 0 saturated carbocycles. The van der Waals surface area contributed by atoms with Crippen LogP contribution in [0.2, 0.25) is 0 Å². The zero-order chi connectivity index (χ0) is 17.1. The molecule has 1 aliphatic rings. The quantitative estimate of drug-likeness (QED) is 0.827. The summed E-state index contributed by atoms with van der Waals surface area (Å²) in [4.78, 5) is 26.3. The number of ether oxygens (including phenoxy) is 1. The summed E-state index contributed by atoms with van der Waals surface area (Å²) in [6, 6.07) is 7.28. The van der Waals surface area contributed by atoms with Crippen LogP contribution in [0.15, 0.2) is 18.2 Å². The second-order valence-electron chi connectivity index (χ2n) is 5.59. The highest BCUT2D eigenvalue weighted by atomic mass is 16.5. The van der Waals surface area contributed by atoms with Gasteiger partial charge in [-0.05, 0) is 25.1 Å². The Balaban J connectivity index is 2.33. The number of anilines is 2. The Kier molecular flexibility index (Phi) is 4.74. The third-order valence-corrected chi connectivity index (χ3v) is 3.83. The maximum atomic E-state index is 12.0. The van der Waals surface area contributed by atoms with Crippen molar-refractivity contribution in [1.29, 1.82) is 5.26 Å². The molecule has 0 bridgehead atoms. The third kappa shape index (κ3) is 3.37. The van der Waals surface area contributed by atoms with Crippen LogP contribution in [0.5, 0.6) is 5.75 Å². The van der Waals surface area contributed by atoms with Gasteiger partial charge in [-0.2, -0.15) is 5.26 Å². The van der Waals surface area contributed by atoms with Crippen LogP contribution in [0.1, 0.15) is 13.8 Å². The molecule has 0 spiro atoms. The van der Waals surface area contributed by atoms with Gasteiger partial charge in [0.15, 0.2) is 6.10 Å². The van der Waals surface area contributed by atoms with E-state index < -0.39 is 18.0 Å². The lowest BCUT2D eigenvalue weighted by atomic mass is 10.1. The summed E-state index contributed by atoms with van der Waals surface area (Å²) in [6.07, 6.45) is -0.541. The van der Waals surface area contributed by atoms with Crippen molar-refractivity contribution in [1.82, 2.24) is 0 Å². The fourth-order valence-electron chi connectivity index (χ4n) is 2.45. The minimum absolute atomic E-state index is 0.0608. The van der Waals surface area contributed by atoms with E-state index in [1.54, 1.807) is 44.0 Å². The molecule has 7 nitrogen and oxygen atoms in total. The lowest BCUT2D eigenvalue weighted by Crippen LogP contribution is -2.42. The van der Waals surface area contributed by atoms with Crippen LogP contribution in [0, 0.1) is 17.2 Å². The molecule has 0 aliphatic carbocycles. The van der Waals surface area contributed by atoms with Crippen molar-refractivity contribution in [3.8, 4) is 11.8 Å². The standard InChI is InChI=1S/C16H19N3O4/c1-10(16(21)22)9-19(7-6-17)12-4-5-14-13(8-12)18(3)15(20)11(2)23-14/h4-5,8,10-11H,7,9H2,1-3H3,(H,21,22). The summed E-state index contributed by atoms with van der Waals surface area (Å²) < 4.78 is 5.56. The number of likely N-dealkylation sites (N-methyl/N-ethyl adjacent to an activating group) is 1. The highest BCUT2D eigenvalue weighted by Crippen LogP contribution is 2.36. The lowest BCUT2D eigenvalue weighted by Gasteiger charge is -2.32. The number of aliphatic carboxylic acids is 1. The van der Waals surface area contributed by atoms with Crippen molar-refractivity contribution >= 4 is 23.3 Å². The molecule has 1 amide bonds. The Bertz CT molecular complexity index is 668. The Morgan fingerprint density at radius 2 is 2.26 bits per heavy atom. The molecule has 2 atom stereocenters. The number of carboxylic acid groups (broad SMARTS) is 1. The second-order valence-corrected chi connectivity index (χ2v) is 5.59. The van der Waals surface area contributed by atoms with E-state index in [2.05, 4.69) is 0 Å². The average molecular weight is 317 g/mol. The molecule has 0 fully saturated rings. The number of amides is 1. The van der Waals surface area contributed by atoms with E-state index in [9.17, 15) is 9.59 Å². The molecule has 1 aliphatic heterocycles. The van der Waals surface area contributed by atoms with Gasteiger partial charge < -0.3 is 19.6 Å². The highest BCUT2D eigenvalue weighted by Gasteiger charge is 2.29. The minimum atomic E-state index is -0.921. The molecular formula is C16H19N3O4. The molecule has 1 N–H and O–H groups in total.